The molecule has 1 amide bonds. The molecule has 132 valence electrons. The predicted molar refractivity (Wildman–Crippen MR) is 97.5 cm³/mol. The van der Waals surface area contributed by atoms with Gasteiger partial charge in [0.25, 0.3) is 0 Å². The Morgan fingerprint density at radius 3 is 2.44 bits per heavy atom. The first-order valence-corrected chi connectivity index (χ1v) is 8.22. The Hall–Kier alpha value is -2.35. The van der Waals surface area contributed by atoms with Crippen LogP contribution in [0.4, 0.5) is 0 Å². The SMILES string of the molecule is N[C@@H](Cc1ccc(B(O)O)cc1)C(=O)NCCCOc1ccccc1. The second-order valence-corrected chi connectivity index (χ2v) is 5.73. The van der Waals surface area contributed by atoms with E-state index in [9.17, 15) is 4.79 Å². The first-order valence-electron chi connectivity index (χ1n) is 8.22. The summed E-state index contributed by atoms with van der Waals surface area (Å²) in [5.41, 5.74) is 7.17. The highest BCUT2D eigenvalue weighted by Gasteiger charge is 2.15. The molecule has 7 heteroatoms. The van der Waals surface area contributed by atoms with Gasteiger partial charge in [0.2, 0.25) is 5.91 Å². The van der Waals surface area contributed by atoms with Crippen molar-refractivity contribution in [2.24, 2.45) is 5.73 Å². The topological polar surface area (TPSA) is 105 Å². The summed E-state index contributed by atoms with van der Waals surface area (Å²) in [4.78, 5) is 12.0. The second kappa shape index (κ2) is 9.83. The molecule has 6 nitrogen and oxygen atoms in total. The van der Waals surface area contributed by atoms with Crippen LogP contribution in [0.1, 0.15) is 12.0 Å². The van der Waals surface area contributed by atoms with Crippen molar-refractivity contribution in [1.29, 1.82) is 0 Å². The van der Waals surface area contributed by atoms with Crippen molar-refractivity contribution < 1.29 is 19.6 Å². The number of carbonyl (C=O) groups excluding carboxylic acids is 1. The van der Waals surface area contributed by atoms with Gasteiger partial charge in [0.15, 0.2) is 0 Å². The number of rotatable bonds is 9. The molecule has 0 spiro atoms. The van der Waals surface area contributed by atoms with E-state index < -0.39 is 13.2 Å². The molecule has 5 N–H and O–H groups in total. The van der Waals surface area contributed by atoms with Gasteiger partial charge in [0.1, 0.15) is 5.75 Å². The Morgan fingerprint density at radius 1 is 1.12 bits per heavy atom. The van der Waals surface area contributed by atoms with Gasteiger partial charge in [0.05, 0.1) is 12.6 Å². The van der Waals surface area contributed by atoms with Gasteiger partial charge in [-0.05, 0) is 36.0 Å². The maximum atomic E-state index is 12.0. The first-order chi connectivity index (χ1) is 12.1. The summed E-state index contributed by atoms with van der Waals surface area (Å²) >= 11 is 0. The van der Waals surface area contributed by atoms with Crippen molar-refractivity contribution in [3.63, 3.8) is 0 Å². The van der Waals surface area contributed by atoms with E-state index in [-0.39, 0.29) is 5.91 Å². The summed E-state index contributed by atoms with van der Waals surface area (Å²) in [5, 5.41) is 20.9. The van der Waals surface area contributed by atoms with Crippen LogP contribution < -0.4 is 21.3 Å². The minimum absolute atomic E-state index is 0.217. The van der Waals surface area contributed by atoms with Gasteiger partial charge in [-0.1, -0.05) is 42.5 Å². The molecular weight excluding hydrogens is 319 g/mol. The van der Waals surface area contributed by atoms with Gasteiger partial charge in [-0.2, -0.15) is 0 Å². The number of benzene rings is 2. The third-order valence-corrected chi connectivity index (χ3v) is 3.70. The Kier molecular flexibility index (Phi) is 7.47. The van der Waals surface area contributed by atoms with Crippen molar-refractivity contribution >= 4 is 18.5 Å². The highest BCUT2D eigenvalue weighted by molar-refractivity contribution is 6.58. The second-order valence-electron chi connectivity index (χ2n) is 5.73. The number of hydrogen-bond acceptors (Lipinski definition) is 5. The van der Waals surface area contributed by atoms with E-state index in [0.717, 1.165) is 11.3 Å². The summed E-state index contributed by atoms with van der Waals surface area (Å²) < 4.78 is 5.55. The number of nitrogens with one attached hydrogen (secondary N) is 1. The number of ether oxygens (including phenoxy) is 1. The van der Waals surface area contributed by atoms with Crippen LogP contribution in [0.5, 0.6) is 5.75 Å². The molecule has 0 unspecified atom stereocenters. The minimum atomic E-state index is -1.50. The Labute approximate surface area is 147 Å². The zero-order valence-corrected chi connectivity index (χ0v) is 14.0. The van der Waals surface area contributed by atoms with Gasteiger partial charge >= 0.3 is 7.12 Å². The molecule has 0 saturated heterocycles. The van der Waals surface area contributed by atoms with Crippen molar-refractivity contribution in [3.05, 3.63) is 60.2 Å². The maximum Gasteiger partial charge on any atom is 0.488 e. The van der Waals surface area contributed by atoms with Crippen molar-refractivity contribution in [3.8, 4) is 5.75 Å². The molecule has 0 aliphatic rings. The van der Waals surface area contributed by atoms with E-state index in [1.807, 2.05) is 30.3 Å². The zero-order chi connectivity index (χ0) is 18.1. The molecule has 2 aromatic rings. The lowest BCUT2D eigenvalue weighted by molar-refractivity contribution is -0.122. The van der Waals surface area contributed by atoms with E-state index in [4.69, 9.17) is 20.5 Å². The van der Waals surface area contributed by atoms with Gasteiger partial charge < -0.3 is 25.8 Å². The molecule has 2 aromatic carbocycles. The lowest BCUT2D eigenvalue weighted by Gasteiger charge is -2.13. The van der Waals surface area contributed by atoms with Crippen LogP contribution in [0.3, 0.4) is 0 Å². The molecule has 0 heterocycles. The monoisotopic (exact) mass is 342 g/mol. The molecule has 0 aliphatic heterocycles. The van der Waals surface area contributed by atoms with Crippen molar-refractivity contribution in [1.82, 2.24) is 5.32 Å². The molecule has 25 heavy (non-hydrogen) atoms. The number of para-hydroxylation sites is 1. The molecule has 2 rings (SSSR count). The molecule has 0 saturated carbocycles. The van der Waals surface area contributed by atoms with E-state index in [1.165, 1.54) is 0 Å². The minimum Gasteiger partial charge on any atom is -0.494 e. The predicted octanol–water partition coefficient (Wildman–Crippen LogP) is -0.178. The average Bonchev–Trinajstić information content (AvgIpc) is 2.62. The van der Waals surface area contributed by atoms with Gasteiger partial charge in [0, 0.05) is 6.54 Å². The largest absolute Gasteiger partial charge is 0.494 e. The Balaban J connectivity index is 1.66. The highest BCUT2D eigenvalue weighted by atomic mass is 16.5. The lowest BCUT2D eigenvalue weighted by Crippen LogP contribution is -2.42. The van der Waals surface area contributed by atoms with E-state index in [1.54, 1.807) is 24.3 Å². The van der Waals surface area contributed by atoms with Crippen LogP contribution in [0.25, 0.3) is 0 Å². The smallest absolute Gasteiger partial charge is 0.488 e. The third kappa shape index (κ3) is 6.58. The van der Waals surface area contributed by atoms with Gasteiger partial charge in [-0.25, -0.2) is 0 Å². The lowest BCUT2D eigenvalue weighted by atomic mass is 9.80. The van der Waals surface area contributed by atoms with E-state index in [2.05, 4.69) is 5.32 Å². The molecule has 0 fully saturated rings. The van der Waals surface area contributed by atoms with Crippen LogP contribution in [0.15, 0.2) is 54.6 Å². The molecule has 1 atom stereocenters. The molecular formula is C18H23BN2O4. The van der Waals surface area contributed by atoms with Crippen molar-refractivity contribution in [2.45, 2.75) is 18.9 Å². The summed E-state index contributed by atoms with van der Waals surface area (Å²) in [6.07, 6.45) is 1.07. The van der Waals surface area contributed by atoms with Crippen LogP contribution in [-0.2, 0) is 11.2 Å². The van der Waals surface area contributed by atoms with Crippen LogP contribution in [-0.4, -0.2) is 42.3 Å². The highest BCUT2D eigenvalue weighted by Crippen LogP contribution is 2.08. The molecule has 0 bridgehead atoms. The zero-order valence-electron chi connectivity index (χ0n) is 14.0. The van der Waals surface area contributed by atoms with Crippen molar-refractivity contribution in [2.75, 3.05) is 13.2 Å². The van der Waals surface area contributed by atoms with Crippen LogP contribution >= 0.6 is 0 Å². The van der Waals surface area contributed by atoms with Gasteiger partial charge in [-0.3, -0.25) is 4.79 Å². The summed E-state index contributed by atoms with van der Waals surface area (Å²) in [6, 6.07) is 15.5. The fourth-order valence-corrected chi connectivity index (χ4v) is 2.29. The summed E-state index contributed by atoms with van der Waals surface area (Å²) in [7, 11) is -1.50. The first kappa shape index (κ1) is 19.0. The number of carbonyl (C=O) groups is 1. The van der Waals surface area contributed by atoms with E-state index in [0.29, 0.717) is 31.5 Å². The van der Waals surface area contributed by atoms with Crippen LogP contribution in [0.2, 0.25) is 0 Å². The normalized spacial score (nSPS) is 11.6. The molecule has 0 aliphatic carbocycles. The average molecular weight is 342 g/mol. The standard InChI is InChI=1S/C18H23BN2O4/c20-17(13-14-7-9-15(10-8-14)19(23)24)18(22)21-11-4-12-25-16-5-2-1-3-6-16/h1-3,5-10,17,23-24H,4,11-13,20H2,(H,21,22)/t17-/m0/s1. The molecule has 0 aromatic heterocycles. The number of nitrogens with two attached hydrogens (primary N) is 1. The summed E-state index contributed by atoms with van der Waals surface area (Å²) in [6.45, 7) is 1.01. The third-order valence-electron chi connectivity index (χ3n) is 3.70. The van der Waals surface area contributed by atoms with Gasteiger partial charge in [-0.15, -0.1) is 0 Å². The van der Waals surface area contributed by atoms with Crippen LogP contribution in [0, 0.1) is 0 Å². The number of amides is 1. The maximum absolute atomic E-state index is 12.0. The molecule has 0 radical (unpaired) electrons. The fourth-order valence-electron chi connectivity index (χ4n) is 2.29. The quantitative estimate of drug-likeness (QED) is 0.374. The Bertz CT molecular complexity index is 650. The summed E-state index contributed by atoms with van der Waals surface area (Å²) in [5.74, 6) is 0.591. The fraction of sp³-hybridized carbons (Fsp3) is 0.278. The van der Waals surface area contributed by atoms with E-state index >= 15 is 0 Å². The Morgan fingerprint density at radius 2 is 1.80 bits per heavy atom. The number of hydrogen-bond donors (Lipinski definition) is 4.